The number of benzene rings is 1. The predicted molar refractivity (Wildman–Crippen MR) is 59.8 cm³/mol. The van der Waals surface area contributed by atoms with Gasteiger partial charge in [0, 0.05) is 14.6 Å². The molecular weight excluding hydrogens is 374 g/mol. The molecule has 0 bridgehead atoms. The summed E-state index contributed by atoms with van der Waals surface area (Å²) >= 11 is 5.04. The van der Waals surface area contributed by atoms with E-state index >= 15 is 0 Å². The summed E-state index contributed by atoms with van der Waals surface area (Å²) in [7, 11) is 0. The molecule has 0 fully saturated rings. The van der Waals surface area contributed by atoms with Crippen molar-refractivity contribution >= 4 is 38.5 Å². The summed E-state index contributed by atoms with van der Waals surface area (Å²) in [6.07, 6.45) is -4.35. The molecule has 0 aliphatic rings. The van der Waals surface area contributed by atoms with Gasteiger partial charge in [0.2, 0.25) is 0 Å². The fourth-order valence-corrected chi connectivity index (χ4v) is 2.07. The lowest BCUT2D eigenvalue weighted by atomic mass is 10.1. The second-order valence-electron chi connectivity index (χ2n) is 2.59. The molecular formula is C8H6BrF3IN. The minimum Gasteiger partial charge on any atom is -0.326 e. The molecule has 0 heterocycles. The van der Waals surface area contributed by atoms with Gasteiger partial charge in [0.1, 0.15) is 0 Å². The van der Waals surface area contributed by atoms with Gasteiger partial charge >= 0.3 is 6.18 Å². The fourth-order valence-electron chi connectivity index (χ4n) is 1.06. The first kappa shape index (κ1) is 12.3. The molecule has 0 radical (unpaired) electrons. The van der Waals surface area contributed by atoms with E-state index in [1.807, 2.05) is 22.6 Å². The third-order valence-electron chi connectivity index (χ3n) is 1.71. The highest BCUT2D eigenvalue weighted by Gasteiger charge is 2.33. The highest BCUT2D eigenvalue weighted by molar-refractivity contribution is 14.1. The molecule has 0 saturated carbocycles. The first-order valence-corrected chi connectivity index (χ1v) is 5.49. The van der Waals surface area contributed by atoms with Crippen molar-refractivity contribution < 1.29 is 13.2 Å². The number of hydrogen-bond donors (Lipinski definition) is 1. The molecule has 0 atom stereocenters. The van der Waals surface area contributed by atoms with E-state index in [9.17, 15) is 13.2 Å². The molecule has 0 amide bonds. The number of halogens is 5. The summed E-state index contributed by atoms with van der Waals surface area (Å²) < 4.78 is 38.5. The van der Waals surface area contributed by atoms with E-state index in [0.29, 0.717) is 4.47 Å². The minimum absolute atomic E-state index is 0.101. The highest BCUT2D eigenvalue weighted by atomic mass is 127. The second kappa shape index (κ2) is 4.36. The van der Waals surface area contributed by atoms with Gasteiger partial charge in [-0.05, 0) is 56.2 Å². The lowest BCUT2D eigenvalue weighted by Gasteiger charge is -2.13. The van der Waals surface area contributed by atoms with Crippen LogP contribution in [0.3, 0.4) is 0 Å². The third kappa shape index (κ3) is 2.40. The van der Waals surface area contributed by atoms with Crippen molar-refractivity contribution in [2.24, 2.45) is 5.73 Å². The number of alkyl halides is 3. The van der Waals surface area contributed by atoms with E-state index in [4.69, 9.17) is 5.73 Å². The Morgan fingerprint density at radius 3 is 2.36 bits per heavy atom. The largest absolute Gasteiger partial charge is 0.416 e. The summed E-state index contributed by atoms with van der Waals surface area (Å²) in [5, 5.41) is 0. The Bertz CT molecular complexity index is 351. The van der Waals surface area contributed by atoms with Crippen LogP contribution in [0.25, 0.3) is 0 Å². The maximum atomic E-state index is 12.5. The van der Waals surface area contributed by atoms with Crippen molar-refractivity contribution in [3.63, 3.8) is 0 Å². The van der Waals surface area contributed by atoms with Crippen molar-refractivity contribution in [3.05, 3.63) is 31.3 Å². The first-order valence-electron chi connectivity index (χ1n) is 3.62. The summed E-state index contributed by atoms with van der Waals surface area (Å²) in [5.41, 5.74) is 4.71. The predicted octanol–water partition coefficient (Wildman–Crippen LogP) is 3.53. The van der Waals surface area contributed by atoms with Crippen LogP contribution in [0.2, 0.25) is 0 Å². The normalized spacial score (nSPS) is 11.9. The zero-order chi connectivity index (χ0) is 10.9. The topological polar surface area (TPSA) is 26.0 Å². The molecule has 0 aromatic heterocycles. The molecule has 78 valence electrons. The van der Waals surface area contributed by atoms with Gasteiger partial charge in [0.05, 0.1) is 5.56 Å². The van der Waals surface area contributed by atoms with E-state index in [-0.39, 0.29) is 12.1 Å². The van der Waals surface area contributed by atoms with Crippen LogP contribution in [0.4, 0.5) is 13.2 Å². The molecule has 6 heteroatoms. The van der Waals surface area contributed by atoms with Gasteiger partial charge in [-0.2, -0.15) is 13.2 Å². The van der Waals surface area contributed by atoms with Crippen LogP contribution >= 0.6 is 38.5 Å². The second-order valence-corrected chi connectivity index (χ2v) is 4.54. The molecule has 0 aliphatic heterocycles. The van der Waals surface area contributed by atoms with Crippen LogP contribution in [0.5, 0.6) is 0 Å². The van der Waals surface area contributed by atoms with Crippen molar-refractivity contribution in [2.75, 3.05) is 0 Å². The van der Waals surface area contributed by atoms with Gasteiger partial charge in [-0.1, -0.05) is 0 Å². The van der Waals surface area contributed by atoms with E-state index in [1.165, 1.54) is 6.07 Å². The fraction of sp³-hybridized carbons (Fsp3) is 0.250. The van der Waals surface area contributed by atoms with E-state index in [2.05, 4.69) is 15.9 Å². The minimum atomic E-state index is -4.35. The summed E-state index contributed by atoms with van der Waals surface area (Å²) in [4.78, 5) is 0. The monoisotopic (exact) mass is 379 g/mol. The maximum absolute atomic E-state index is 12.5. The van der Waals surface area contributed by atoms with Crippen molar-refractivity contribution in [1.82, 2.24) is 0 Å². The Hall–Kier alpha value is 0.180. The maximum Gasteiger partial charge on any atom is 0.416 e. The Kier molecular flexibility index (Phi) is 3.81. The molecule has 0 saturated heterocycles. The number of nitrogens with two attached hydrogens (primary N) is 1. The van der Waals surface area contributed by atoms with Crippen LogP contribution in [-0.4, -0.2) is 0 Å². The van der Waals surface area contributed by atoms with Crippen LogP contribution in [0.15, 0.2) is 16.6 Å². The average molecular weight is 380 g/mol. The Morgan fingerprint density at radius 1 is 1.36 bits per heavy atom. The summed E-state index contributed by atoms with van der Waals surface area (Å²) in [6.45, 7) is -0.133. The van der Waals surface area contributed by atoms with E-state index < -0.39 is 11.7 Å². The van der Waals surface area contributed by atoms with Gasteiger partial charge in [-0.15, -0.1) is 0 Å². The molecule has 0 spiro atoms. The molecule has 14 heavy (non-hydrogen) atoms. The third-order valence-corrected chi connectivity index (χ3v) is 4.25. The SMILES string of the molecule is NCc1c(C(F)(F)F)ccc(I)c1Br. The average Bonchev–Trinajstić information content (AvgIpc) is 2.07. The summed E-state index contributed by atoms with van der Waals surface area (Å²) in [6, 6.07) is 2.46. The van der Waals surface area contributed by atoms with Gasteiger partial charge in [-0.25, -0.2) is 0 Å². The van der Waals surface area contributed by atoms with Gasteiger partial charge in [-0.3, -0.25) is 0 Å². The van der Waals surface area contributed by atoms with Crippen LogP contribution < -0.4 is 5.73 Å². The van der Waals surface area contributed by atoms with Crippen molar-refractivity contribution in [3.8, 4) is 0 Å². The Morgan fingerprint density at radius 2 is 1.93 bits per heavy atom. The standard InChI is InChI=1S/C8H6BrF3IN/c9-7-4(3-14)5(8(10,11)12)1-2-6(7)13/h1-2H,3,14H2. The number of rotatable bonds is 1. The van der Waals surface area contributed by atoms with Gasteiger partial charge < -0.3 is 5.73 Å². The van der Waals surface area contributed by atoms with Crippen LogP contribution in [0.1, 0.15) is 11.1 Å². The van der Waals surface area contributed by atoms with E-state index in [0.717, 1.165) is 9.64 Å². The molecule has 1 aromatic rings. The zero-order valence-electron chi connectivity index (χ0n) is 6.83. The quantitative estimate of drug-likeness (QED) is 0.742. The van der Waals surface area contributed by atoms with Gasteiger partial charge in [0.25, 0.3) is 0 Å². The Balaban J connectivity index is 3.39. The lowest BCUT2D eigenvalue weighted by molar-refractivity contribution is -0.138. The smallest absolute Gasteiger partial charge is 0.326 e. The van der Waals surface area contributed by atoms with Gasteiger partial charge in [0.15, 0.2) is 0 Å². The molecule has 0 unspecified atom stereocenters. The van der Waals surface area contributed by atoms with Crippen molar-refractivity contribution in [2.45, 2.75) is 12.7 Å². The molecule has 1 rings (SSSR count). The summed E-state index contributed by atoms with van der Waals surface area (Å²) in [5.74, 6) is 0. The number of hydrogen-bond acceptors (Lipinski definition) is 1. The zero-order valence-corrected chi connectivity index (χ0v) is 10.6. The van der Waals surface area contributed by atoms with Crippen LogP contribution in [0, 0.1) is 3.57 Å². The molecule has 0 aliphatic carbocycles. The van der Waals surface area contributed by atoms with Crippen molar-refractivity contribution in [1.29, 1.82) is 0 Å². The van der Waals surface area contributed by atoms with E-state index in [1.54, 1.807) is 0 Å². The first-order chi connectivity index (χ1) is 6.38. The molecule has 2 N–H and O–H groups in total. The highest BCUT2D eigenvalue weighted by Crippen LogP contribution is 2.36. The Labute approximate surface area is 101 Å². The lowest BCUT2D eigenvalue weighted by Crippen LogP contribution is -2.13. The van der Waals surface area contributed by atoms with Crippen LogP contribution in [-0.2, 0) is 12.7 Å². The molecule has 1 aromatic carbocycles. The molecule has 1 nitrogen and oxygen atoms in total.